The molecule has 1 aliphatic rings. The molecule has 0 unspecified atom stereocenters. The van der Waals surface area contributed by atoms with Crippen LogP contribution in [-0.4, -0.2) is 4.57 Å². The highest BCUT2D eigenvalue weighted by atomic mass is 16.1. The Kier molecular flexibility index (Phi) is 5.29. The molecular formula is C26H27NO. The van der Waals surface area contributed by atoms with Crippen molar-refractivity contribution in [2.75, 3.05) is 0 Å². The highest BCUT2D eigenvalue weighted by molar-refractivity contribution is 5.85. The van der Waals surface area contributed by atoms with Gasteiger partial charge in [0.25, 0.3) is 5.56 Å². The summed E-state index contributed by atoms with van der Waals surface area (Å²) < 4.78 is 2.04. The fourth-order valence-electron chi connectivity index (χ4n) is 4.31. The molecular weight excluding hydrogens is 342 g/mol. The first-order valence-electron chi connectivity index (χ1n) is 10.2. The smallest absolute Gasteiger partial charge is 0.259 e. The van der Waals surface area contributed by atoms with Crippen molar-refractivity contribution in [2.45, 2.75) is 45.6 Å². The van der Waals surface area contributed by atoms with Crippen LogP contribution in [-0.2, 0) is 19.4 Å². The summed E-state index contributed by atoms with van der Waals surface area (Å²) in [6, 6.07) is 20.6. The van der Waals surface area contributed by atoms with E-state index in [1.165, 1.54) is 17.7 Å². The number of pyridine rings is 1. The lowest BCUT2D eigenvalue weighted by atomic mass is 9.84. The number of rotatable bonds is 5. The van der Waals surface area contributed by atoms with E-state index in [2.05, 4.69) is 43.0 Å². The van der Waals surface area contributed by atoms with E-state index in [4.69, 9.17) is 0 Å². The molecule has 28 heavy (non-hydrogen) atoms. The van der Waals surface area contributed by atoms with Crippen LogP contribution in [0.1, 0.15) is 37.4 Å². The Morgan fingerprint density at radius 1 is 0.893 bits per heavy atom. The van der Waals surface area contributed by atoms with Crippen LogP contribution in [0.3, 0.4) is 0 Å². The van der Waals surface area contributed by atoms with Crippen molar-refractivity contribution in [3.8, 4) is 22.3 Å². The van der Waals surface area contributed by atoms with Crippen LogP contribution >= 0.6 is 0 Å². The SMILES string of the molecule is C=C(C)CCn1c2c(c(-c3ccccc3)c(-c3ccccc3)c1=O)CCCC2. The quantitative estimate of drug-likeness (QED) is 0.504. The lowest BCUT2D eigenvalue weighted by Gasteiger charge is -2.27. The van der Waals surface area contributed by atoms with Gasteiger partial charge in [-0.3, -0.25) is 4.79 Å². The van der Waals surface area contributed by atoms with E-state index >= 15 is 0 Å². The molecule has 2 aromatic carbocycles. The summed E-state index contributed by atoms with van der Waals surface area (Å²) >= 11 is 0. The Bertz CT molecular complexity index is 1050. The summed E-state index contributed by atoms with van der Waals surface area (Å²) in [5, 5.41) is 0. The number of hydrogen-bond acceptors (Lipinski definition) is 1. The van der Waals surface area contributed by atoms with Crippen molar-refractivity contribution in [2.24, 2.45) is 0 Å². The number of benzene rings is 2. The van der Waals surface area contributed by atoms with Crippen molar-refractivity contribution in [3.05, 3.63) is 94.4 Å². The van der Waals surface area contributed by atoms with Crippen molar-refractivity contribution >= 4 is 0 Å². The largest absolute Gasteiger partial charge is 0.311 e. The first-order chi connectivity index (χ1) is 13.7. The minimum absolute atomic E-state index is 0.131. The van der Waals surface area contributed by atoms with Gasteiger partial charge < -0.3 is 4.57 Å². The first-order valence-corrected chi connectivity index (χ1v) is 10.2. The van der Waals surface area contributed by atoms with Crippen molar-refractivity contribution < 1.29 is 0 Å². The third kappa shape index (κ3) is 3.47. The fourth-order valence-corrected chi connectivity index (χ4v) is 4.31. The maximum Gasteiger partial charge on any atom is 0.259 e. The van der Waals surface area contributed by atoms with Crippen LogP contribution in [0.5, 0.6) is 0 Å². The second kappa shape index (κ2) is 8.02. The molecule has 0 aliphatic heterocycles. The Morgan fingerprint density at radius 2 is 1.46 bits per heavy atom. The van der Waals surface area contributed by atoms with Crippen LogP contribution in [0.25, 0.3) is 22.3 Å². The highest BCUT2D eigenvalue weighted by Gasteiger charge is 2.25. The third-order valence-electron chi connectivity index (χ3n) is 5.66. The van der Waals surface area contributed by atoms with Crippen LogP contribution in [0, 0.1) is 0 Å². The monoisotopic (exact) mass is 369 g/mol. The standard InChI is InChI=1S/C26H27NO/c1-19(2)17-18-27-23-16-10-9-15-22(23)24(20-11-5-3-6-12-20)25(26(27)28)21-13-7-4-8-14-21/h3-8,11-14H,1,9-10,15-18H2,2H3. The molecule has 0 amide bonds. The Hall–Kier alpha value is -2.87. The number of allylic oxidation sites excluding steroid dienone is 1. The fraction of sp³-hybridized carbons (Fsp3) is 0.269. The zero-order valence-electron chi connectivity index (χ0n) is 16.6. The minimum atomic E-state index is 0.131. The number of fused-ring (bicyclic) bond motifs is 1. The van der Waals surface area contributed by atoms with E-state index in [9.17, 15) is 4.79 Å². The van der Waals surface area contributed by atoms with Crippen LogP contribution in [0.4, 0.5) is 0 Å². The summed E-state index contributed by atoms with van der Waals surface area (Å²) in [6.45, 7) is 6.79. The van der Waals surface area contributed by atoms with E-state index in [-0.39, 0.29) is 5.56 Å². The van der Waals surface area contributed by atoms with Gasteiger partial charge in [-0.2, -0.15) is 0 Å². The van der Waals surface area contributed by atoms with Gasteiger partial charge in [0.1, 0.15) is 0 Å². The molecule has 142 valence electrons. The zero-order valence-corrected chi connectivity index (χ0v) is 16.6. The van der Waals surface area contributed by atoms with E-state index < -0.39 is 0 Å². The van der Waals surface area contributed by atoms with E-state index in [0.717, 1.165) is 53.5 Å². The van der Waals surface area contributed by atoms with E-state index in [1.54, 1.807) is 0 Å². The Morgan fingerprint density at radius 3 is 2.07 bits per heavy atom. The molecule has 0 N–H and O–H groups in total. The van der Waals surface area contributed by atoms with Crippen LogP contribution in [0.15, 0.2) is 77.6 Å². The van der Waals surface area contributed by atoms with E-state index in [0.29, 0.717) is 6.54 Å². The highest BCUT2D eigenvalue weighted by Crippen LogP contribution is 2.37. The van der Waals surface area contributed by atoms with Gasteiger partial charge in [-0.25, -0.2) is 0 Å². The molecule has 0 radical (unpaired) electrons. The summed E-state index contributed by atoms with van der Waals surface area (Å²) in [4.78, 5) is 13.8. The van der Waals surface area contributed by atoms with Crippen molar-refractivity contribution in [1.82, 2.24) is 4.57 Å². The average Bonchev–Trinajstić information content (AvgIpc) is 2.73. The maximum atomic E-state index is 13.8. The summed E-state index contributed by atoms with van der Waals surface area (Å²) in [5.41, 5.74) is 7.96. The molecule has 0 spiro atoms. The summed E-state index contributed by atoms with van der Waals surface area (Å²) in [7, 11) is 0. The maximum absolute atomic E-state index is 13.8. The predicted octanol–water partition coefficient (Wildman–Crippen LogP) is 6.03. The van der Waals surface area contributed by atoms with Gasteiger partial charge in [-0.05, 0) is 61.3 Å². The van der Waals surface area contributed by atoms with Crippen LogP contribution in [0.2, 0.25) is 0 Å². The first kappa shape index (κ1) is 18.5. The number of hydrogen-bond donors (Lipinski definition) is 0. The molecule has 2 heteroatoms. The normalized spacial score (nSPS) is 13.2. The summed E-state index contributed by atoms with van der Waals surface area (Å²) in [6.07, 6.45) is 5.19. The minimum Gasteiger partial charge on any atom is -0.311 e. The molecule has 3 aromatic rings. The molecule has 2 nitrogen and oxygen atoms in total. The van der Waals surface area contributed by atoms with Gasteiger partial charge >= 0.3 is 0 Å². The molecule has 1 aliphatic carbocycles. The van der Waals surface area contributed by atoms with Gasteiger partial charge in [0, 0.05) is 12.2 Å². The number of nitrogens with zero attached hydrogens (tertiary/aromatic N) is 1. The van der Waals surface area contributed by atoms with Crippen LogP contribution < -0.4 is 5.56 Å². The molecule has 0 fully saturated rings. The van der Waals surface area contributed by atoms with Gasteiger partial charge in [-0.15, -0.1) is 6.58 Å². The molecule has 0 atom stereocenters. The molecule has 0 saturated heterocycles. The summed E-state index contributed by atoms with van der Waals surface area (Å²) in [5.74, 6) is 0. The van der Waals surface area contributed by atoms with Crippen molar-refractivity contribution in [3.63, 3.8) is 0 Å². The van der Waals surface area contributed by atoms with Gasteiger partial charge in [-0.1, -0.05) is 66.2 Å². The van der Waals surface area contributed by atoms with Gasteiger partial charge in [0.05, 0.1) is 5.56 Å². The molecule has 0 saturated carbocycles. The zero-order chi connectivity index (χ0) is 19.5. The lowest BCUT2D eigenvalue weighted by Crippen LogP contribution is -2.29. The van der Waals surface area contributed by atoms with Crippen molar-refractivity contribution in [1.29, 1.82) is 0 Å². The Labute approximate surface area is 167 Å². The molecule has 1 aromatic heterocycles. The van der Waals surface area contributed by atoms with E-state index in [1.807, 2.05) is 35.8 Å². The second-order valence-corrected chi connectivity index (χ2v) is 7.78. The number of aromatic nitrogens is 1. The molecule has 4 rings (SSSR count). The molecule has 1 heterocycles. The van der Waals surface area contributed by atoms with Gasteiger partial charge in [0.15, 0.2) is 0 Å². The second-order valence-electron chi connectivity index (χ2n) is 7.78. The predicted molar refractivity (Wildman–Crippen MR) is 118 cm³/mol. The third-order valence-corrected chi connectivity index (χ3v) is 5.66. The Balaban J connectivity index is 2.05. The lowest BCUT2D eigenvalue weighted by molar-refractivity contribution is 0.573. The average molecular weight is 370 g/mol. The molecule has 0 bridgehead atoms. The van der Waals surface area contributed by atoms with Gasteiger partial charge in [0.2, 0.25) is 0 Å². The topological polar surface area (TPSA) is 22.0 Å².